The lowest BCUT2D eigenvalue weighted by Gasteiger charge is -2.18. The number of halogens is 4. The Morgan fingerprint density at radius 3 is 2.59 bits per heavy atom. The van der Waals surface area contributed by atoms with Gasteiger partial charge in [-0.3, -0.25) is 9.71 Å². The average molecular weight is 551 g/mol. The number of thiophene rings is 1. The minimum atomic E-state index is -3.93. The second kappa shape index (κ2) is 8.21. The number of nitrogens with one attached hydrogen (secondary N) is 1. The first kappa shape index (κ1) is 21.2. The summed E-state index contributed by atoms with van der Waals surface area (Å²) in [4.78, 5) is 4.58. The van der Waals surface area contributed by atoms with Crippen LogP contribution in [-0.4, -0.2) is 20.7 Å². The summed E-state index contributed by atoms with van der Waals surface area (Å²) < 4.78 is 28.9. The molecule has 0 unspecified atom stereocenters. The van der Waals surface area contributed by atoms with Gasteiger partial charge in [0.05, 0.1) is 10.2 Å². The molecule has 0 fully saturated rings. The van der Waals surface area contributed by atoms with Crippen LogP contribution >= 0.6 is 62.1 Å². The van der Waals surface area contributed by atoms with Crippen LogP contribution in [0.5, 0.6) is 0 Å². The first-order chi connectivity index (χ1) is 13.8. The van der Waals surface area contributed by atoms with Gasteiger partial charge in [0.1, 0.15) is 13.6 Å². The number of fused-ring (bicyclic) bond motifs is 1. The fourth-order valence-electron chi connectivity index (χ4n) is 3.13. The smallest absolute Gasteiger partial charge is 0.265 e. The van der Waals surface area contributed by atoms with E-state index in [-0.39, 0.29) is 18.0 Å². The molecule has 0 bridgehead atoms. The zero-order valence-electron chi connectivity index (χ0n) is 14.5. The quantitative estimate of drug-likeness (QED) is 0.395. The lowest BCUT2D eigenvalue weighted by atomic mass is 9.93. The Labute approximate surface area is 195 Å². The highest BCUT2D eigenvalue weighted by Gasteiger charge is 2.26. The van der Waals surface area contributed by atoms with E-state index < -0.39 is 10.0 Å². The van der Waals surface area contributed by atoms with Crippen LogP contribution in [0.3, 0.4) is 0 Å². The number of hydrogen-bond acceptors (Lipinski definition) is 4. The molecule has 29 heavy (non-hydrogen) atoms. The predicted octanol–water partition coefficient (Wildman–Crippen LogP) is 6.67. The summed E-state index contributed by atoms with van der Waals surface area (Å²) in [5.74, 6) is 0. The zero-order valence-corrected chi connectivity index (χ0v) is 20.0. The summed E-state index contributed by atoms with van der Waals surface area (Å²) in [6.07, 6.45) is 0.817. The maximum Gasteiger partial charge on any atom is 0.265 e. The first-order valence-corrected chi connectivity index (χ1v) is 12.6. The van der Waals surface area contributed by atoms with E-state index in [0.717, 1.165) is 40.2 Å². The standard InChI is InChI=1S/C19H12BrCl3N2O2S2/c20-15-17(19(23)28-18(15)22)29(26,27)25-13-3-1-2-11(9-13)16-14-5-4-12(21)8-10(14)6-7-24-16/h1-5,8-9,25H,6-7H2. The fraction of sp³-hybridized carbons (Fsp3) is 0.105. The molecule has 0 radical (unpaired) electrons. The SMILES string of the molecule is O=S(=O)(Nc1cccc(C2=NCCc3cc(Cl)ccc32)c1)c1c(Cl)sc(Cl)c1Br. The first-order valence-electron chi connectivity index (χ1n) is 8.36. The van der Waals surface area contributed by atoms with Crippen LogP contribution < -0.4 is 4.72 Å². The molecule has 4 nitrogen and oxygen atoms in total. The molecular weight excluding hydrogens is 539 g/mol. The minimum absolute atomic E-state index is 0.0745. The van der Waals surface area contributed by atoms with E-state index in [1.54, 1.807) is 18.2 Å². The molecule has 10 heteroatoms. The summed E-state index contributed by atoms with van der Waals surface area (Å²) in [6.45, 7) is 0.647. The molecule has 150 valence electrons. The Bertz CT molecular complexity index is 1260. The third-order valence-electron chi connectivity index (χ3n) is 4.36. The van der Waals surface area contributed by atoms with Gasteiger partial charge in [0.15, 0.2) is 0 Å². The van der Waals surface area contributed by atoms with E-state index in [2.05, 4.69) is 25.6 Å². The van der Waals surface area contributed by atoms with Gasteiger partial charge in [-0.05, 0) is 52.2 Å². The molecule has 1 aliphatic rings. The number of hydrogen-bond donors (Lipinski definition) is 1. The van der Waals surface area contributed by atoms with Gasteiger partial charge < -0.3 is 0 Å². The topological polar surface area (TPSA) is 58.5 Å². The summed E-state index contributed by atoms with van der Waals surface area (Å²) >= 11 is 22.4. The largest absolute Gasteiger partial charge is 0.284 e. The van der Waals surface area contributed by atoms with Gasteiger partial charge in [0, 0.05) is 28.4 Å². The lowest BCUT2D eigenvalue weighted by molar-refractivity contribution is 0.601. The van der Waals surface area contributed by atoms with Gasteiger partial charge in [0.2, 0.25) is 0 Å². The highest BCUT2D eigenvalue weighted by Crippen LogP contribution is 2.43. The Balaban J connectivity index is 1.70. The molecule has 0 amide bonds. The van der Waals surface area contributed by atoms with E-state index in [4.69, 9.17) is 34.8 Å². The van der Waals surface area contributed by atoms with Crippen LogP contribution in [0.15, 0.2) is 56.8 Å². The van der Waals surface area contributed by atoms with Crippen LogP contribution in [0.1, 0.15) is 16.7 Å². The molecule has 3 aromatic rings. The molecular formula is C19H12BrCl3N2O2S2. The second-order valence-electron chi connectivity index (χ2n) is 6.26. The second-order valence-corrected chi connectivity index (χ2v) is 11.3. The van der Waals surface area contributed by atoms with Crippen LogP contribution in [-0.2, 0) is 16.4 Å². The van der Waals surface area contributed by atoms with Crippen molar-refractivity contribution in [2.75, 3.05) is 11.3 Å². The van der Waals surface area contributed by atoms with E-state index in [1.807, 2.05) is 24.3 Å². The molecule has 2 aromatic carbocycles. The van der Waals surface area contributed by atoms with E-state index >= 15 is 0 Å². The molecule has 1 aromatic heterocycles. The highest BCUT2D eigenvalue weighted by atomic mass is 79.9. The van der Waals surface area contributed by atoms with Gasteiger partial charge in [-0.1, -0.05) is 53.0 Å². The van der Waals surface area contributed by atoms with Gasteiger partial charge in [0.25, 0.3) is 10.0 Å². The number of sulfonamides is 1. The normalized spacial score (nSPS) is 13.7. The summed E-state index contributed by atoms with van der Waals surface area (Å²) in [5.41, 5.74) is 4.13. The number of benzene rings is 2. The van der Waals surface area contributed by atoms with Crippen molar-refractivity contribution in [1.29, 1.82) is 0 Å². The Morgan fingerprint density at radius 2 is 1.86 bits per heavy atom. The highest BCUT2D eigenvalue weighted by molar-refractivity contribution is 9.10. The number of aliphatic imine (C=N–C) groups is 1. The molecule has 0 atom stereocenters. The number of nitrogens with zero attached hydrogens (tertiary/aromatic N) is 1. The molecule has 4 rings (SSSR count). The number of anilines is 1. The van der Waals surface area contributed by atoms with Crippen LogP contribution in [0, 0.1) is 0 Å². The molecule has 1 N–H and O–H groups in total. The van der Waals surface area contributed by atoms with E-state index in [0.29, 0.717) is 17.3 Å². The zero-order chi connectivity index (χ0) is 20.8. The fourth-order valence-corrected chi connectivity index (χ4v) is 7.93. The maximum absolute atomic E-state index is 12.9. The third-order valence-corrected chi connectivity index (χ3v) is 9.44. The van der Waals surface area contributed by atoms with Crippen LogP contribution in [0.25, 0.3) is 0 Å². The molecule has 0 saturated heterocycles. The number of rotatable bonds is 4. The van der Waals surface area contributed by atoms with Crippen molar-refractivity contribution >= 4 is 83.5 Å². The van der Waals surface area contributed by atoms with Crippen molar-refractivity contribution in [3.63, 3.8) is 0 Å². The average Bonchev–Trinajstić information content (AvgIpc) is 2.93. The van der Waals surface area contributed by atoms with Crippen molar-refractivity contribution in [1.82, 2.24) is 0 Å². The predicted molar refractivity (Wildman–Crippen MR) is 125 cm³/mol. The van der Waals surface area contributed by atoms with Crippen molar-refractivity contribution in [3.8, 4) is 0 Å². The van der Waals surface area contributed by atoms with Crippen molar-refractivity contribution in [2.24, 2.45) is 4.99 Å². The summed E-state index contributed by atoms with van der Waals surface area (Å²) in [5, 5.41) is 0.684. The van der Waals surface area contributed by atoms with Crippen molar-refractivity contribution in [3.05, 3.63) is 77.3 Å². The molecule has 1 aliphatic heterocycles. The van der Waals surface area contributed by atoms with Crippen LogP contribution in [0.4, 0.5) is 5.69 Å². The van der Waals surface area contributed by atoms with E-state index in [9.17, 15) is 8.42 Å². The van der Waals surface area contributed by atoms with Gasteiger partial charge in [-0.15, -0.1) is 11.3 Å². The molecule has 0 saturated carbocycles. The summed E-state index contributed by atoms with van der Waals surface area (Å²) in [6, 6.07) is 12.8. The minimum Gasteiger partial charge on any atom is -0.284 e. The van der Waals surface area contributed by atoms with Gasteiger partial charge >= 0.3 is 0 Å². The third kappa shape index (κ3) is 4.22. The van der Waals surface area contributed by atoms with E-state index in [1.165, 1.54) is 0 Å². The molecule has 0 aliphatic carbocycles. The Kier molecular flexibility index (Phi) is 5.99. The summed E-state index contributed by atoms with van der Waals surface area (Å²) in [7, 11) is -3.93. The lowest BCUT2D eigenvalue weighted by Crippen LogP contribution is -2.16. The Hall–Kier alpha value is -1.09. The van der Waals surface area contributed by atoms with Crippen molar-refractivity contribution < 1.29 is 8.42 Å². The molecule has 2 heterocycles. The monoisotopic (exact) mass is 548 g/mol. The van der Waals surface area contributed by atoms with Gasteiger partial charge in [-0.2, -0.15) is 0 Å². The van der Waals surface area contributed by atoms with Gasteiger partial charge in [-0.25, -0.2) is 8.42 Å². The Morgan fingerprint density at radius 1 is 1.07 bits per heavy atom. The molecule has 0 spiro atoms. The maximum atomic E-state index is 12.9. The van der Waals surface area contributed by atoms with Crippen molar-refractivity contribution in [2.45, 2.75) is 11.3 Å². The van der Waals surface area contributed by atoms with Crippen LogP contribution in [0.2, 0.25) is 13.7 Å².